The molecular weight excluding hydrogens is 305 g/mol. The second-order valence-corrected chi connectivity index (χ2v) is 5.53. The molecule has 0 N–H and O–H groups in total. The van der Waals surface area contributed by atoms with E-state index in [4.69, 9.17) is 23.2 Å². The first-order valence-corrected chi connectivity index (χ1v) is 6.17. The number of aromatic nitrogens is 1. The van der Waals surface area contributed by atoms with E-state index in [9.17, 15) is 0 Å². The Labute approximate surface area is 104 Å². The zero-order valence-electron chi connectivity index (χ0n) is 6.80. The van der Waals surface area contributed by atoms with Crippen LogP contribution in [0.4, 0.5) is 0 Å². The van der Waals surface area contributed by atoms with Crippen LogP contribution in [0.25, 0.3) is 11.3 Å². The van der Waals surface area contributed by atoms with Crippen molar-refractivity contribution in [1.29, 1.82) is 0 Å². The molecule has 0 aliphatic heterocycles. The molecule has 1 heterocycles. The minimum Gasteiger partial charge on any atom is -0.229 e. The fourth-order valence-corrected chi connectivity index (χ4v) is 2.70. The van der Waals surface area contributed by atoms with Gasteiger partial charge in [0.15, 0.2) is 3.92 Å². The van der Waals surface area contributed by atoms with Gasteiger partial charge in [0.2, 0.25) is 0 Å². The first-order chi connectivity index (χ1) is 6.68. The largest absolute Gasteiger partial charge is 0.229 e. The van der Waals surface area contributed by atoms with E-state index in [1.54, 1.807) is 12.1 Å². The molecule has 0 atom stereocenters. The predicted molar refractivity (Wildman–Crippen MR) is 65.3 cm³/mol. The Kier molecular flexibility index (Phi) is 3.12. The van der Waals surface area contributed by atoms with Crippen LogP contribution in [0.3, 0.4) is 0 Å². The normalized spacial score (nSPS) is 10.5. The predicted octanol–water partition coefficient (Wildman–Crippen LogP) is 4.88. The van der Waals surface area contributed by atoms with Crippen molar-refractivity contribution in [3.05, 3.63) is 37.5 Å². The molecule has 0 saturated heterocycles. The number of hydrogen-bond acceptors (Lipinski definition) is 2. The molecule has 0 unspecified atom stereocenters. The van der Waals surface area contributed by atoms with E-state index in [0.717, 1.165) is 15.2 Å². The summed E-state index contributed by atoms with van der Waals surface area (Å²) in [5, 5.41) is 3.16. The molecule has 0 aliphatic carbocycles. The molecule has 0 fully saturated rings. The first-order valence-electron chi connectivity index (χ1n) is 3.74. The van der Waals surface area contributed by atoms with Crippen LogP contribution in [0.15, 0.2) is 27.5 Å². The van der Waals surface area contributed by atoms with E-state index in [1.807, 2.05) is 11.4 Å². The second-order valence-electron chi connectivity index (χ2n) is 2.58. The molecule has 14 heavy (non-hydrogen) atoms. The Hall–Kier alpha value is -0.0900. The van der Waals surface area contributed by atoms with Crippen molar-refractivity contribution < 1.29 is 0 Å². The molecule has 2 rings (SSSR count). The summed E-state index contributed by atoms with van der Waals surface area (Å²) < 4.78 is 0.823. The molecular formula is C9H4BrCl2NS. The maximum absolute atomic E-state index is 6.04. The van der Waals surface area contributed by atoms with Crippen molar-refractivity contribution in [2.75, 3.05) is 0 Å². The van der Waals surface area contributed by atoms with Crippen LogP contribution in [-0.2, 0) is 0 Å². The number of thiazole rings is 1. The number of benzene rings is 1. The quantitative estimate of drug-likeness (QED) is 0.731. The van der Waals surface area contributed by atoms with E-state index in [2.05, 4.69) is 20.9 Å². The number of hydrogen-bond donors (Lipinski definition) is 0. The van der Waals surface area contributed by atoms with Crippen molar-refractivity contribution in [3.8, 4) is 11.3 Å². The van der Waals surface area contributed by atoms with Gasteiger partial charge in [-0.2, -0.15) is 0 Å². The number of nitrogens with zero attached hydrogens (tertiary/aromatic N) is 1. The van der Waals surface area contributed by atoms with Crippen LogP contribution in [0.5, 0.6) is 0 Å². The summed E-state index contributed by atoms with van der Waals surface area (Å²) in [7, 11) is 0. The maximum atomic E-state index is 6.04. The van der Waals surface area contributed by atoms with E-state index in [1.165, 1.54) is 11.3 Å². The lowest BCUT2D eigenvalue weighted by Crippen LogP contribution is -1.80. The molecule has 5 heteroatoms. The van der Waals surface area contributed by atoms with Crippen LogP contribution < -0.4 is 0 Å². The second kappa shape index (κ2) is 4.19. The summed E-state index contributed by atoms with van der Waals surface area (Å²) in [6.45, 7) is 0. The minimum atomic E-state index is 0.621. The van der Waals surface area contributed by atoms with Gasteiger partial charge in [0.1, 0.15) is 0 Å². The Morgan fingerprint density at radius 2 is 1.86 bits per heavy atom. The Morgan fingerprint density at radius 1 is 1.21 bits per heavy atom. The molecule has 0 spiro atoms. The van der Waals surface area contributed by atoms with Gasteiger partial charge in [-0.1, -0.05) is 29.3 Å². The van der Waals surface area contributed by atoms with E-state index < -0.39 is 0 Å². The van der Waals surface area contributed by atoms with Crippen molar-refractivity contribution >= 4 is 50.5 Å². The van der Waals surface area contributed by atoms with Gasteiger partial charge in [-0.15, -0.1) is 11.3 Å². The van der Waals surface area contributed by atoms with Gasteiger partial charge in [-0.25, -0.2) is 4.98 Å². The Balaban J connectivity index is 2.61. The van der Waals surface area contributed by atoms with E-state index in [0.29, 0.717) is 10.0 Å². The highest BCUT2D eigenvalue weighted by atomic mass is 79.9. The topological polar surface area (TPSA) is 12.9 Å². The summed E-state index contributed by atoms with van der Waals surface area (Å²) in [6, 6.07) is 5.42. The molecule has 0 bridgehead atoms. The van der Waals surface area contributed by atoms with Gasteiger partial charge in [-0.3, -0.25) is 0 Å². The highest BCUT2D eigenvalue weighted by Crippen LogP contribution is 2.35. The van der Waals surface area contributed by atoms with Crippen molar-refractivity contribution in [2.45, 2.75) is 0 Å². The average Bonchev–Trinajstić information content (AvgIpc) is 2.51. The molecule has 0 aliphatic rings. The van der Waals surface area contributed by atoms with E-state index in [-0.39, 0.29) is 0 Å². The minimum absolute atomic E-state index is 0.621. The third-order valence-electron chi connectivity index (χ3n) is 1.70. The Morgan fingerprint density at radius 3 is 2.36 bits per heavy atom. The van der Waals surface area contributed by atoms with Gasteiger partial charge in [0.05, 0.1) is 15.7 Å². The molecule has 2 aromatic rings. The van der Waals surface area contributed by atoms with Gasteiger partial charge in [0, 0.05) is 10.9 Å². The van der Waals surface area contributed by atoms with Crippen LogP contribution in [0, 0.1) is 0 Å². The highest BCUT2D eigenvalue weighted by Gasteiger charge is 2.10. The highest BCUT2D eigenvalue weighted by molar-refractivity contribution is 9.11. The zero-order valence-corrected chi connectivity index (χ0v) is 10.7. The molecule has 1 aromatic carbocycles. The standard InChI is InChI=1S/C9H4BrCl2NS/c10-9-13-7(4-14-9)8-5(11)2-1-3-6(8)12/h1-4H. The summed E-state index contributed by atoms with van der Waals surface area (Å²) in [6.07, 6.45) is 0. The summed E-state index contributed by atoms with van der Waals surface area (Å²) >= 11 is 16.9. The van der Waals surface area contributed by atoms with Gasteiger partial charge < -0.3 is 0 Å². The van der Waals surface area contributed by atoms with Gasteiger partial charge >= 0.3 is 0 Å². The lowest BCUT2D eigenvalue weighted by atomic mass is 10.2. The monoisotopic (exact) mass is 307 g/mol. The molecule has 1 aromatic heterocycles. The molecule has 0 radical (unpaired) electrons. The summed E-state index contributed by atoms with van der Waals surface area (Å²) in [5.74, 6) is 0. The molecule has 0 saturated carbocycles. The zero-order chi connectivity index (χ0) is 10.1. The van der Waals surface area contributed by atoms with Crippen molar-refractivity contribution in [1.82, 2.24) is 4.98 Å². The average molecular weight is 309 g/mol. The van der Waals surface area contributed by atoms with Crippen LogP contribution in [0.1, 0.15) is 0 Å². The fourth-order valence-electron chi connectivity index (χ4n) is 1.11. The summed E-state index contributed by atoms with van der Waals surface area (Å²) in [5.41, 5.74) is 1.59. The van der Waals surface area contributed by atoms with E-state index >= 15 is 0 Å². The third-order valence-corrected chi connectivity index (χ3v) is 3.69. The molecule has 1 nitrogen and oxygen atoms in total. The lowest BCUT2D eigenvalue weighted by Gasteiger charge is -2.02. The smallest absolute Gasteiger partial charge is 0.159 e. The van der Waals surface area contributed by atoms with Crippen LogP contribution in [0.2, 0.25) is 10.0 Å². The number of halogens is 3. The maximum Gasteiger partial charge on any atom is 0.159 e. The van der Waals surface area contributed by atoms with Gasteiger partial charge in [-0.05, 0) is 28.1 Å². The third kappa shape index (κ3) is 1.96. The van der Waals surface area contributed by atoms with Crippen molar-refractivity contribution in [3.63, 3.8) is 0 Å². The van der Waals surface area contributed by atoms with Crippen LogP contribution >= 0.6 is 50.5 Å². The lowest BCUT2D eigenvalue weighted by molar-refractivity contribution is 1.37. The van der Waals surface area contributed by atoms with Crippen LogP contribution in [-0.4, -0.2) is 4.98 Å². The Bertz CT molecular complexity index is 449. The number of rotatable bonds is 1. The molecule has 0 amide bonds. The summed E-state index contributed by atoms with van der Waals surface area (Å²) in [4.78, 5) is 4.27. The van der Waals surface area contributed by atoms with Crippen molar-refractivity contribution in [2.24, 2.45) is 0 Å². The van der Waals surface area contributed by atoms with Gasteiger partial charge in [0.25, 0.3) is 0 Å². The first kappa shape index (κ1) is 10.4. The SMILES string of the molecule is Clc1cccc(Cl)c1-c1csc(Br)n1. The fraction of sp³-hybridized carbons (Fsp3) is 0. The molecule has 72 valence electrons.